The average Bonchev–Trinajstić information content (AvgIpc) is 3.54. The highest BCUT2D eigenvalue weighted by Crippen LogP contribution is 2.33. The van der Waals surface area contributed by atoms with Crippen molar-refractivity contribution in [3.05, 3.63) is 151 Å². The third-order valence-corrected chi connectivity index (χ3v) is 6.76. The van der Waals surface area contributed by atoms with Gasteiger partial charge in [-0.2, -0.15) is 4.57 Å². The van der Waals surface area contributed by atoms with Gasteiger partial charge in [-0.3, -0.25) is 4.40 Å². The van der Waals surface area contributed by atoms with Gasteiger partial charge in [-0.15, -0.1) is 0 Å². The number of hydrogen-bond donors (Lipinski definition) is 0. The topological polar surface area (TPSA) is 33.5 Å². The van der Waals surface area contributed by atoms with Crippen molar-refractivity contribution in [1.29, 1.82) is 0 Å². The monoisotopic (exact) mass is 463 g/mol. The Morgan fingerprint density at radius 3 is 2.08 bits per heavy atom. The fourth-order valence-electron chi connectivity index (χ4n) is 5.03. The molecular weight excluding hydrogens is 440 g/mol. The molecule has 1 aliphatic heterocycles. The first-order chi connectivity index (χ1) is 17.9. The van der Waals surface area contributed by atoms with Crippen LogP contribution in [0.4, 0.5) is 0 Å². The highest BCUT2D eigenvalue weighted by atomic mass is 15.1. The molecule has 0 fully saturated rings. The van der Waals surface area contributed by atoms with E-state index in [0.717, 1.165) is 45.1 Å². The van der Waals surface area contributed by atoms with Crippen LogP contribution in [0.5, 0.6) is 0 Å². The summed E-state index contributed by atoms with van der Waals surface area (Å²) in [5.41, 5.74) is 7.72. The predicted molar refractivity (Wildman–Crippen MR) is 143 cm³/mol. The summed E-state index contributed by atoms with van der Waals surface area (Å²) in [6.45, 7) is 0. The normalized spacial score (nSPS) is 14.6. The number of nitrogens with zero attached hydrogens (tertiary/aromatic N) is 4. The van der Waals surface area contributed by atoms with Crippen LogP contribution in [0.15, 0.2) is 139 Å². The summed E-state index contributed by atoms with van der Waals surface area (Å²) in [6, 6.07) is 41.9. The van der Waals surface area contributed by atoms with Crippen molar-refractivity contribution in [2.75, 3.05) is 0 Å². The van der Waals surface area contributed by atoms with Crippen LogP contribution in [0.25, 0.3) is 28.2 Å². The summed E-state index contributed by atoms with van der Waals surface area (Å²) < 4.78 is 4.36. The zero-order valence-electron chi connectivity index (χ0n) is 19.6. The fraction of sp³-hybridized carbons (Fsp3) is 0.0312. The SMILES string of the molecule is c1ccc(C2=NC(c3ccc(-c4nc(-c5ccccc5)n5ccccc45)cc3)c3cccc[n+]32)cc1. The smallest absolute Gasteiger partial charge is 0.299 e. The molecule has 1 unspecified atom stereocenters. The van der Waals surface area contributed by atoms with Gasteiger partial charge in [-0.25, -0.2) is 4.98 Å². The Kier molecular flexibility index (Phi) is 4.81. The lowest BCUT2D eigenvalue weighted by molar-refractivity contribution is -0.557. The van der Waals surface area contributed by atoms with Crippen LogP contribution >= 0.6 is 0 Å². The number of aliphatic imine (C=N–C) groups is 1. The number of hydrogen-bond acceptors (Lipinski definition) is 2. The summed E-state index contributed by atoms with van der Waals surface area (Å²) >= 11 is 0. The van der Waals surface area contributed by atoms with E-state index in [1.807, 2.05) is 18.2 Å². The van der Waals surface area contributed by atoms with Crippen LogP contribution in [0.1, 0.15) is 22.9 Å². The van der Waals surface area contributed by atoms with Crippen molar-refractivity contribution in [3.8, 4) is 22.6 Å². The molecule has 1 atom stereocenters. The van der Waals surface area contributed by atoms with E-state index in [9.17, 15) is 0 Å². The maximum Gasteiger partial charge on any atom is 0.330 e. The second-order valence-corrected chi connectivity index (χ2v) is 8.94. The van der Waals surface area contributed by atoms with Crippen LogP contribution in [0, 0.1) is 0 Å². The molecule has 4 nitrogen and oxygen atoms in total. The minimum atomic E-state index is -0.0472. The molecule has 0 saturated carbocycles. The predicted octanol–water partition coefficient (Wildman–Crippen LogP) is 6.35. The molecule has 0 amide bonds. The molecule has 0 aliphatic carbocycles. The van der Waals surface area contributed by atoms with E-state index in [-0.39, 0.29) is 6.04 Å². The Balaban J connectivity index is 1.30. The molecule has 170 valence electrons. The number of benzene rings is 3. The van der Waals surface area contributed by atoms with Crippen molar-refractivity contribution in [2.45, 2.75) is 6.04 Å². The molecule has 7 rings (SSSR count). The minimum Gasteiger partial charge on any atom is -0.299 e. The molecule has 3 aromatic carbocycles. The lowest BCUT2D eigenvalue weighted by Crippen LogP contribution is -2.43. The van der Waals surface area contributed by atoms with Crippen LogP contribution in [0.3, 0.4) is 0 Å². The van der Waals surface area contributed by atoms with Crippen molar-refractivity contribution in [3.63, 3.8) is 0 Å². The van der Waals surface area contributed by atoms with Gasteiger partial charge in [0.1, 0.15) is 5.82 Å². The van der Waals surface area contributed by atoms with Crippen LogP contribution in [-0.4, -0.2) is 15.2 Å². The molecule has 0 spiro atoms. The molecule has 1 aliphatic rings. The lowest BCUT2D eigenvalue weighted by Gasteiger charge is -2.05. The Morgan fingerprint density at radius 2 is 1.31 bits per heavy atom. The average molecular weight is 464 g/mol. The molecule has 3 aromatic heterocycles. The largest absolute Gasteiger partial charge is 0.330 e. The van der Waals surface area contributed by atoms with Crippen molar-refractivity contribution in [2.24, 2.45) is 4.99 Å². The van der Waals surface area contributed by atoms with E-state index >= 15 is 0 Å². The van der Waals surface area contributed by atoms with Gasteiger partial charge in [-0.05, 0) is 36.4 Å². The number of aromatic nitrogens is 3. The van der Waals surface area contributed by atoms with Crippen molar-refractivity contribution < 1.29 is 4.57 Å². The van der Waals surface area contributed by atoms with Crippen molar-refractivity contribution in [1.82, 2.24) is 9.38 Å². The lowest BCUT2D eigenvalue weighted by atomic mass is 10.0. The van der Waals surface area contributed by atoms with E-state index in [1.54, 1.807) is 0 Å². The molecule has 6 aromatic rings. The molecule has 4 heteroatoms. The molecular formula is C32H23N4+. The Hall–Kier alpha value is -4.83. The van der Waals surface area contributed by atoms with Crippen LogP contribution in [-0.2, 0) is 0 Å². The first-order valence-corrected chi connectivity index (χ1v) is 12.1. The number of rotatable bonds is 4. The standard InChI is InChI=1S/C32H23N4/c1-3-11-25(12-4-1)31-33-29(27-15-7-9-21-35(27)31)23-17-19-24(20-18-23)30-28-16-8-10-22-36(28)32(34-30)26-13-5-2-6-14-26/h1-22,29H/q+1. The van der Waals surface area contributed by atoms with Gasteiger partial charge < -0.3 is 0 Å². The van der Waals surface area contributed by atoms with Gasteiger partial charge in [0.25, 0.3) is 0 Å². The number of imidazole rings is 1. The molecule has 0 N–H and O–H groups in total. The van der Waals surface area contributed by atoms with Gasteiger partial charge >= 0.3 is 5.84 Å². The van der Waals surface area contributed by atoms with E-state index in [2.05, 4.69) is 124 Å². The van der Waals surface area contributed by atoms with E-state index in [0.29, 0.717) is 0 Å². The highest BCUT2D eigenvalue weighted by Gasteiger charge is 2.36. The van der Waals surface area contributed by atoms with Gasteiger partial charge in [0.05, 0.1) is 23.0 Å². The van der Waals surface area contributed by atoms with Crippen LogP contribution in [0.2, 0.25) is 0 Å². The van der Waals surface area contributed by atoms with Crippen molar-refractivity contribution >= 4 is 11.4 Å². The highest BCUT2D eigenvalue weighted by molar-refractivity contribution is 5.93. The quantitative estimate of drug-likeness (QED) is 0.280. The molecule has 4 heterocycles. The van der Waals surface area contributed by atoms with Gasteiger partial charge in [-0.1, -0.05) is 89.9 Å². The van der Waals surface area contributed by atoms with Gasteiger partial charge in [0, 0.05) is 22.9 Å². The Morgan fingerprint density at radius 1 is 0.611 bits per heavy atom. The molecule has 0 saturated heterocycles. The zero-order valence-corrected chi connectivity index (χ0v) is 19.6. The fourth-order valence-corrected chi connectivity index (χ4v) is 5.03. The van der Waals surface area contributed by atoms with E-state index in [1.165, 1.54) is 5.69 Å². The summed E-state index contributed by atoms with van der Waals surface area (Å²) in [4.78, 5) is 10.2. The third kappa shape index (κ3) is 3.35. The summed E-state index contributed by atoms with van der Waals surface area (Å²) in [5, 5.41) is 0. The van der Waals surface area contributed by atoms with E-state index in [4.69, 9.17) is 9.98 Å². The maximum atomic E-state index is 5.15. The Labute approximate surface area is 209 Å². The zero-order chi connectivity index (χ0) is 23.9. The van der Waals surface area contributed by atoms with Crippen LogP contribution < -0.4 is 4.57 Å². The third-order valence-electron chi connectivity index (χ3n) is 6.76. The summed E-state index contributed by atoms with van der Waals surface area (Å²) in [7, 11) is 0. The molecule has 0 bridgehead atoms. The first-order valence-electron chi connectivity index (χ1n) is 12.1. The number of pyridine rings is 2. The number of fused-ring (bicyclic) bond motifs is 2. The second-order valence-electron chi connectivity index (χ2n) is 8.94. The molecule has 36 heavy (non-hydrogen) atoms. The van der Waals surface area contributed by atoms with E-state index < -0.39 is 0 Å². The Bertz CT molecular complexity index is 1720. The summed E-state index contributed by atoms with van der Waals surface area (Å²) in [5.74, 6) is 1.93. The molecule has 0 radical (unpaired) electrons. The van der Waals surface area contributed by atoms with Gasteiger partial charge in [0.2, 0.25) is 6.04 Å². The minimum absolute atomic E-state index is 0.0472. The van der Waals surface area contributed by atoms with Gasteiger partial charge in [0.15, 0.2) is 5.69 Å². The maximum absolute atomic E-state index is 5.15. The first kappa shape index (κ1) is 20.5. The second kappa shape index (κ2) is 8.43. The summed E-state index contributed by atoms with van der Waals surface area (Å²) in [6.07, 6.45) is 4.17.